The first-order valence-electron chi connectivity index (χ1n) is 9.24. The Morgan fingerprint density at radius 3 is 2.29 bits per heavy atom. The van der Waals surface area contributed by atoms with Gasteiger partial charge in [-0.05, 0) is 50.6 Å². The molecule has 2 aromatic carbocycles. The molecule has 0 bridgehead atoms. The van der Waals surface area contributed by atoms with Crippen LogP contribution in [0, 0.1) is 13.8 Å². The van der Waals surface area contributed by atoms with Crippen LogP contribution in [-0.4, -0.2) is 27.6 Å². The van der Waals surface area contributed by atoms with Crippen molar-refractivity contribution >= 4 is 23.3 Å². The van der Waals surface area contributed by atoms with E-state index in [0.717, 1.165) is 26.7 Å². The van der Waals surface area contributed by atoms with E-state index in [1.165, 1.54) is 25.2 Å². The molecule has 1 N–H and O–H groups in total. The van der Waals surface area contributed by atoms with Crippen LogP contribution in [0.4, 0.5) is 0 Å². The van der Waals surface area contributed by atoms with Crippen molar-refractivity contribution in [2.45, 2.75) is 33.0 Å². The predicted molar refractivity (Wildman–Crippen MR) is 115 cm³/mol. The van der Waals surface area contributed by atoms with Gasteiger partial charge in [-0.2, -0.15) is 24.6 Å². The molecule has 0 saturated carbocycles. The molecule has 31 heavy (non-hydrogen) atoms. The Kier molecular flexibility index (Phi) is 8.88. The molecule has 0 aliphatic rings. The molecule has 0 aliphatic carbocycles. The van der Waals surface area contributed by atoms with Gasteiger partial charge in [0.05, 0.1) is 16.1 Å². The third kappa shape index (κ3) is 6.65. The maximum absolute atomic E-state index is 12.4. The van der Waals surface area contributed by atoms with Gasteiger partial charge in [-0.3, -0.25) is 0 Å². The topological polar surface area (TPSA) is 85.7 Å². The summed E-state index contributed by atoms with van der Waals surface area (Å²) in [6.07, 6.45) is 0. The van der Waals surface area contributed by atoms with Crippen molar-refractivity contribution in [1.82, 2.24) is 4.98 Å². The number of aliphatic carboxylic acids is 1. The van der Waals surface area contributed by atoms with Gasteiger partial charge in [0.2, 0.25) is 0 Å². The van der Waals surface area contributed by atoms with Crippen LogP contribution in [0.5, 0.6) is 5.75 Å². The molecule has 3 aromatic rings. The van der Waals surface area contributed by atoms with Crippen LogP contribution in [0.25, 0.3) is 10.6 Å². The molecule has 0 atom stereocenters. The number of carbonyl (C=O) groups is 2. The minimum atomic E-state index is -1.36. The number of hydrogen-bond acceptors (Lipinski definition) is 6. The van der Waals surface area contributed by atoms with E-state index >= 15 is 0 Å². The molecule has 8 heteroatoms. The Labute approximate surface area is 228 Å². The van der Waals surface area contributed by atoms with Gasteiger partial charge in [0.1, 0.15) is 17.4 Å². The molecule has 0 spiro atoms. The summed E-state index contributed by atoms with van der Waals surface area (Å²) < 4.78 is 10.9. The molecule has 0 unspecified atom stereocenters. The third-order valence-corrected chi connectivity index (χ3v) is 5.59. The molecule has 3 rings (SSSR count). The van der Waals surface area contributed by atoms with Gasteiger partial charge in [0, 0.05) is 0 Å². The third-order valence-electron chi connectivity index (χ3n) is 4.41. The number of carboxylic acid groups (broad SMARTS) is 1. The maximum Gasteiger partial charge on any atom is 1.00 e. The number of aryl methyl sites for hydroxylation is 1. The van der Waals surface area contributed by atoms with E-state index in [4.69, 9.17) is 14.6 Å². The Balaban J connectivity index is 0.00000341. The summed E-state index contributed by atoms with van der Waals surface area (Å²) in [5, 5.41) is 9.99. The standard InChI is InChI=1S/C23H22NO5S.K/c1-14-5-7-16(8-6-14)20-24-15(2)19(30-20)13-28-21(25)17-9-11-18(12-10-17)29-23(3,4)22(26)27;/h5-12H,1,13H2,2-4H3,(H,26,27);/q-1;+1. The van der Waals surface area contributed by atoms with Crippen molar-refractivity contribution in [3.05, 3.63) is 77.2 Å². The predicted octanol–water partition coefficient (Wildman–Crippen LogP) is 1.90. The fourth-order valence-electron chi connectivity index (χ4n) is 2.54. The number of nitrogens with zero attached hydrogens (tertiary/aromatic N) is 1. The second-order valence-electron chi connectivity index (χ2n) is 7.24. The second-order valence-corrected chi connectivity index (χ2v) is 8.33. The monoisotopic (exact) mass is 463 g/mol. The molecule has 0 radical (unpaired) electrons. The molecule has 156 valence electrons. The van der Waals surface area contributed by atoms with Gasteiger partial charge in [0.25, 0.3) is 0 Å². The summed E-state index contributed by atoms with van der Waals surface area (Å²) in [5.41, 5.74) is 1.74. The van der Waals surface area contributed by atoms with E-state index in [9.17, 15) is 9.59 Å². The van der Waals surface area contributed by atoms with Crippen molar-refractivity contribution in [1.29, 1.82) is 0 Å². The SMILES string of the molecule is [CH2-]c1ccc(-c2nc(C)c(COC(=O)c3ccc(OC(C)(C)C(=O)O)cc3)s2)cc1.[K+]. The van der Waals surface area contributed by atoms with Crippen LogP contribution in [0.2, 0.25) is 0 Å². The summed E-state index contributed by atoms with van der Waals surface area (Å²) in [6, 6.07) is 14.0. The van der Waals surface area contributed by atoms with Gasteiger partial charge in [-0.1, -0.05) is 0 Å². The quantitative estimate of drug-likeness (QED) is 0.327. The fraction of sp³-hybridized carbons (Fsp3) is 0.217. The smallest absolute Gasteiger partial charge is 0.478 e. The average Bonchev–Trinajstić information content (AvgIpc) is 3.07. The first-order chi connectivity index (χ1) is 14.2. The molecule has 0 amide bonds. The molecule has 1 heterocycles. The molecule has 1 aromatic heterocycles. The van der Waals surface area contributed by atoms with E-state index in [0.29, 0.717) is 11.3 Å². The molecule has 0 saturated heterocycles. The second kappa shape index (κ2) is 10.8. The summed E-state index contributed by atoms with van der Waals surface area (Å²) in [7, 11) is 0. The van der Waals surface area contributed by atoms with Crippen molar-refractivity contribution in [2.75, 3.05) is 0 Å². The van der Waals surface area contributed by atoms with E-state index in [-0.39, 0.29) is 58.0 Å². The number of carbonyl (C=O) groups excluding carboxylic acids is 1. The van der Waals surface area contributed by atoms with Gasteiger partial charge < -0.3 is 14.6 Å². The Morgan fingerprint density at radius 2 is 1.71 bits per heavy atom. The van der Waals surface area contributed by atoms with Gasteiger partial charge in [-0.15, -0.1) is 23.5 Å². The first-order valence-corrected chi connectivity index (χ1v) is 10.1. The van der Waals surface area contributed by atoms with Crippen LogP contribution in [0.15, 0.2) is 48.5 Å². The van der Waals surface area contributed by atoms with E-state index in [1.807, 2.05) is 31.2 Å². The minimum Gasteiger partial charge on any atom is -0.478 e. The van der Waals surface area contributed by atoms with Crippen molar-refractivity contribution in [2.24, 2.45) is 0 Å². The van der Waals surface area contributed by atoms with Crippen molar-refractivity contribution < 1.29 is 75.6 Å². The zero-order chi connectivity index (χ0) is 21.9. The maximum atomic E-state index is 12.4. The zero-order valence-corrected chi connectivity index (χ0v) is 21.9. The number of rotatable bonds is 7. The van der Waals surface area contributed by atoms with E-state index in [2.05, 4.69) is 11.9 Å². The number of carboxylic acids is 1. The number of thiazole rings is 1. The van der Waals surface area contributed by atoms with Crippen LogP contribution < -0.4 is 56.1 Å². The normalized spacial score (nSPS) is 10.8. The summed E-state index contributed by atoms with van der Waals surface area (Å²) in [6.45, 7) is 8.80. The van der Waals surface area contributed by atoms with E-state index < -0.39 is 17.5 Å². The van der Waals surface area contributed by atoms with Gasteiger partial charge in [-0.25, -0.2) is 14.6 Å². The average molecular weight is 464 g/mol. The Hall–Kier alpha value is -1.68. The molecule has 0 aliphatic heterocycles. The minimum absolute atomic E-state index is 0. The fourth-order valence-corrected chi connectivity index (χ4v) is 3.53. The molecule has 6 nitrogen and oxygen atoms in total. The molecular formula is C23H22KNO5S. The first kappa shape index (κ1) is 25.6. The van der Waals surface area contributed by atoms with Crippen LogP contribution in [-0.2, 0) is 16.1 Å². The van der Waals surface area contributed by atoms with Crippen LogP contribution >= 0.6 is 11.3 Å². The summed E-state index contributed by atoms with van der Waals surface area (Å²) in [4.78, 5) is 29.0. The number of benzene rings is 2. The van der Waals surface area contributed by atoms with E-state index in [1.54, 1.807) is 24.3 Å². The number of aromatic nitrogens is 1. The number of hydrogen-bond donors (Lipinski definition) is 1. The zero-order valence-electron chi connectivity index (χ0n) is 18.0. The number of ether oxygens (including phenoxy) is 2. The van der Waals surface area contributed by atoms with Crippen LogP contribution in [0.3, 0.4) is 0 Å². The van der Waals surface area contributed by atoms with Gasteiger partial charge in [0.15, 0.2) is 5.60 Å². The number of esters is 1. The molecule has 0 fully saturated rings. The summed E-state index contributed by atoms with van der Waals surface area (Å²) >= 11 is 1.48. The van der Waals surface area contributed by atoms with Crippen molar-refractivity contribution in [3.63, 3.8) is 0 Å². The van der Waals surface area contributed by atoms with Crippen molar-refractivity contribution in [3.8, 4) is 16.3 Å². The van der Waals surface area contributed by atoms with Crippen LogP contribution in [0.1, 0.15) is 40.3 Å². The molecular weight excluding hydrogens is 441 g/mol. The Bertz CT molecular complexity index is 1060. The largest absolute Gasteiger partial charge is 1.00 e. The Morgan fingerprint density at radius 1 is 1.10 bits per heavy atom. The summed E-state index contributed by atoms with van der Waals surface area (Å²) in [5.74, 6) is -1.20. The van der Waals surface area contributed by atoms with Gasteiger partial charge >= 0.3 is 63.3 Å².